The van der Waals surface area contributed by atoms with Crippen LogP contribution in [-0.4, -0.2) is 41.3 Å². The van der Waals surface area contributed by atoms with E-state index in [1.807, 2.05) is 0 Å². The lowest BCUT2D eigenvalue weighted by molar-refractivity contribution is 0.0500. The van der Waals surface area contributed by atoms with Crippen molar-refractivity contribution in [3.05, 3.63) is 39.7 Å². The number of pyridine rings is 1. The van der Waals surface area contributed by atoms with Crippen LogP contribution in [0.2, 0.25) is 5.02 Å². The van der Waals surface area contributed by atoms with Crippen molar-refractivity contribution in [2.24, 2.45) is 11.8 Å². The summed E-state index contributed by atoms with van der Waals surface area (Å²) in [6, 6.07) is 2.85. The van der Waals surface area contributed by atoms with Gasteiger partial charge in [0.25, 0.3) is 5.56 Å². The van der Waals surface area contributed by atoms with Gasteiger partial charge in [0.2, 0.25) is 5.95 Å². The molecule has 6 nitrogen and oxygen atoms in total. The maximum absolute atomic E-state index is 13.4. The molecule has 1 unspecified atom stereocenters. The maximum Gasteiger partial charge on any atom is 0.272 e. The fraction of sp³-hybridized carbons (Fsp3) is 0.500. The van der Waals surface area contributed by atoms with Crippen LogP contribution in [0.4, 0.5) is 10.2 Å². The Morgan fingerprint density at radius 1 is 1.27 bits per heavy atom. The summed E-state index contributed by atoms with van der Waals surface area (Å²) in [5.74, 6) is 1.34. The van der Waals surface area contributed by atoms with Gasteiger partial charge < -0.3 is 14.6 Å². The van der Waals surface area contributed by atoms with E-state index in [0.717, 1.165) is 45.6 Å². The number of anilines is 1. The molecule has 8 heteroatoms. The average Bonchev–Trinajstić information content (AvgIpc) is 3.14. The molecule has 0 aliphatic carbocycles. The molecule has 0 saturated carbocycles. The molecule has 1 N–H and O–H groups in total. The summed E-state index contributed by atoms with van der Waals surface area (Å²) in [5, 5.41) is 0.0795. The van der Waals surface area contributed by atoms with E-state index in [2.05, 4.69) is 19.9 Å². The lowest BCUT2D eigenvalue weighted by Gasteiger charge is -2.27. The molecule has 0 bridgehead atoms. The monoisotopic (exact) mass is 378 g/mol. The van der Waals surface area contributed by atoms with Crippen molar-refractivity contribution in [2.45, 2.75) is 19.3 Å². The molecule has 1 atom stereocenters. The number of hydrogen-bond donors (Lipinski definition) is 1. The molecule has 2 aliphatic rings. The first-order valence-corrected chi connectivity index (χ1v) is 9.24. The fourth-order valence-electron chi connectivity index (χ4n) is 3.89. The molecule has 0 spiro atoms. The van der Waals surface area contributed by atoms with Gasteiger partial charge in [-0.2, -0.15) is 4.39 Å². The lowest BCUT2D eigenvalue weighted by atomic mass is 9.85. The second kappa shape index (κ2) is 7.32. The van der Waals surface area contributed by atoms with Crippen LogP contribution in [-0.2, 0) is 4.74 Å². The Bertz CT molecular complexity index is 853. The van der Waals surface area contributed by atoms with Crippen LogP contribution >= 0.6 is 11.6 Å². The standard InChI is InChI=1S/C18H20ClFN4O2/c19-15-17(24-6-2-13(10-24)11-3-7-26-8-4-11)22-16(23-18(15)25)12-1-5-21-14(20)9-12/h1,5,9,11,13H,2-4,6-8,10H2,(H,22,23,25). The summed E-state index contributed by atoms with van der Waals surface area (Å²) in [4.78, 5) is 25.0. The third-order valence-corrected chi connectivity index (χ3v) is 5.64. The van der Waals surface area contributed by atoms with E-state index in [9.17, 15) is 9.18 Å². The predicted octanol–water partition coefficient (Wildman–Crippen LogP) is 2.88. The van der Waals surface area contributed by atoms with Crippen LogP contribution in [0.3, 0.4) is 0 Å². The number of hydrogen-bond acceptors (Lipinski definition) is 5. The zero-order chi connectivity index (χ0) is 18.1. The number of nitrogens with one attached hydrogen (secondary N) is 1. The number of aromatic amines is 1. The third kappa shape index (κ3) is 3.46. The van der Waals surface area contributed by atoms with Crippen LogP contribution < -0.4 is 10.5 Å². The van der Waals surface area contributed by atoms with Gasteiger partial charge in [0, 0.05) is 44.1 Å². The summed E-state index contributed by atoms with van der Waals surface area (Å²) >= 11 is 6.24. The van der Waals surface area contributed by atoms with Gasteiger partial charge in [-0.15, -0.1) is 0 Å². The van der Waals surface area contributed by atoms with E-state index in [4.69, 9.17) is 16.3 Å². The van der Waals surface area contributed by atoms with Gasteiger partial charge in [0.05, 0.1) is 0 Å². The summed E-state index contributed by atoms with van der Waals surface area (Å²) in [6.45, 7) is 3.28. The largest absolute Gasteiger partial charge is 0.381 e. The van der Waals surface area contributed by atoms with Crippen molar-refractivity contribution in [2.75, 3.05) is 31.2 Å². The van der Waals surface area contributed by atoms with Crippen LogP contribution in [0.5, 0.6) is 0 Å². The smallest absolute Gasteiger partial charge is 0.272 e. The molecule has 0 aromatic carbocycles. The minimum Gasteiger partial charge on any atom is -0.381 e. The highest BCUT2D eigenvalue weighted by Gasteiger charge is 2.32. The SMILES string of the molecule is O=c1[nH]c(-c2ccnc(F)c2)nc(N2CCC(C3CCOCC3)C2)c1Cl. The number of rotatable bonds is 3. The maximum atomic E-state index is 13.4. The first-order chi connectivity index (χ1) is 12.6. The Balaban J connectivity index is 1.61. The van der Waals surface area contributed by atoms with Crippen LogP contribution in [0.25, 0.3) is 11.4 Å². The minimum absolute atomic E-state index is 0.0795. The summed E-state index contributed by atoms with van der Waals surface area (Å²) in [7, 11) is 0. The first-order valence-electron chi connectivity index (χ1n) is 8.86. The number of halogens is 2. The topological polar surface area (TPSA) is 71.1 Å². The molecular weight excluding hydrogens is 359 g/mol. The van der Waals surface area contributed by atoms with Crippen molar-refractivity contribution in [3.63, 3.8) is 0 Å². The van der Waals surface area contributed by atoms with Crippen molar-refractivity contribution in [1.82, 2.24) is 15.0 Å². The van der Waals surface area contributed by atoms with Gasteiger partial charge in [-0.05, 0) is 37.2 Å². The molecule has 2 aromatic heterocycles. The molecule has 2 fully saturated rings. The zero-order valence-corrected chi connectivity index (χ0v) is 15.0. The highest BCUT2D eigenvalue weighted by atomic mass is 35.5. The molecular formula is C18H20ClFN4O2. The van der Waals surface area contributed by atoms with E-state index in [-0.39, 0.29) is 5.02 Å². The zero-order valence-electron chi connectivity index (χ0n) is 14.3. The second-order valence-corrected chi connectivity index (χ2v) is 7.24. The highest BCUT2D eigenvalue weighted by molar-refractivity contribution is 6.32. The molecule has 0 amide bonds. The lowest BCUT2D eigenvalue weighted by Crippen LogP contribution is -2.28. The van der Waals surface area contributed by atoms with E-state index in [0.29, 0.717) is 29.0 Å². The summed E-state index contributed by atoms with van der Waals surface area (Å²) in [6.07, 6.45) is 4.55. The summed E-state index contributed by atoms with van der Waals surface area (Å²) in [5.41, 5.74) is 0.0473. The van der Waals surface area contributed by atoms with Gasteiger partial charge in [0.15, 0.2) is 5.82 Å². The molecule has 4 heterocycles. The number of H-pyrrole nitrogens is 1. The Labute approximate surface area is 155 Å². The predicted molar refractivity (Wildman–Crippen MR) is 96.9 cm³/mol. The Kier molecular flexibility index (Phi) is 4.91. The molecule has 26 heavy (non-hydrogen) atoms. The normalized spacial score (nSPS) is 21.3. The average molecular weight is 379 g/mol. The minimum atomic E-state index is -0.623. The number of ether oxygens (including phenoxy) is 1. The molecule has 2 aromatic rings. The van der Waals surface area contributed by atoms with Gasteiger partial charge in [-0.25, -0.2) is 9.97 Å². The van der Waals surface area contributed by atoms with Gasteiger partial charge in [-0.1, -0.05) is 11.6 Å². The van der Waals surface area contributed by atoms with Crippen LogP contribution in [0.1, 0.15) is 19.3 Å². The molecule has 4 rings (SSSR count). The first kappa shape index (κ1) is 17.4. The second-order valence-electron chi connectivity index (χ2n) is 6.86. The number of nitrogens with zero attached hydrogens (tertiary/aromatic N) is 3. The van der Waals surface area contributed by atoms with E-state index < -0.39 is 11.5 Å². The highest BCUT2D eigenvalue weighted by Crippen LogP contribution is 2.34. The van der Waals surface area contributed by atoms with Crippen molar-refractivity contribution in [3.8, 4) is 11.4 Å². The van der Waals surface area contributed by atoms with E-state index >= 15 is 0 Å². The quantitative estimate of drug-likeness (QED) is 0.831. The molecule has 2 saturated heterocycles. The van der Waals surface area contributed by atoms with Crippen molar-refractivity contribution >= 4 is 17.4 Å². The molecule has 138 valence electrons. The van der Waals surface area contributed by atoms with Crippen molar-refractivity contribution in [1.29, 1.82) is 0 Å². The Hall–Kier alpha value is -1.99. The van der Waals surface area contributed by atoms with Crippen LogP contribution in [0.15, 0.2) is 23.1 Å². The van der Waals surface area contributed by atoms with Gasteiger partial charge in [0.1, 0.15) is 10.8 Å². The van der Waals surface area contributed by atoms with E-state index in [1.54, 1.807) is 6.07 Å². The van der Waals surface area contributed by atoms with Crippen LogP contribution in [0, 0.1) is 17.8 Å². The molecule has 0 radical (unpaired) electrons. The summed E-state index contributed by atoms with van der Waals surface area (Å²) < 4.78 is 18.9. The van der Waals surface area contributed by atoms with Crippen molar-refractivity contribution < 1.29 is 9.13 Å². The Morgan fingerprint density at radius 3 is 2.85 bits per heavy atom. The van der Waals surface area contributed by atoms with Gasteiger partial charge in [-0.3, -0.25) is 4.79 Å². The number of aromatic nitrogens is 3. The molecule has 2 aliphatic heterocycles. The van der Waals surface area contributed by atoms with Gasteiger partial charge >= 0.3 is 0 Å². The fourth-order valence-corrected chi connectivity index (χ4v) is 4.10. The van der Waals surface area contributed by atoms with E-state index in [1.165, 1.54) is 12.3 Å². The third-order valence-electron chi connectivity index (χ3n) is 5.30. The Morgan fingerprint density at radius 2 is 2.08 bits per heavy atom.